The number of benzene rings is 1. The monoisotopic (exact) mass is 396 g/mol. The summed E-state index contributed by atoms with van der Waals surface area (Å²) >= 11 is 5.98. The predicted molar refractivity (Wildman–Crippen MR) is 108 cm³/mol. The maximum Gasteiger partial charge on any atom is 0.257 e. The molecule has 142 valence electrons. The molecule has 2 aromatic rings. The van der Waals surface area contributed by atoms with E-state index in [4.69, 9.17) is 17.3 Å². The van der Waals surface area contributed by atoms with Gasteiger partial charge in [0.1, 0.15) is 0 Å². The van der Waals surface area contributed by atoms with Gasteiger partial charge in [0, 0.05) is 18.1 Å². The van der Waals surface area contributed by atoms with E-state index >= 15 is 0 Å². The molecule has 2 N–H and O–H groups in total. The summed E-state index contributed by atoms with van der Waals surface area (Å²) in [4.78, 5) is 15.0. The van der Waals surface area contributed by atoms with E-state index in [1.807, 2.05) is 33.8 Å². The number of carbonyl (C=O) groups is 1. The molecule has 0 saturated carbocycles. The molecule has 3 rings (SSSR count). The third-order valence-corrected chi connectivity index (χ3v) is 5.24. The lowest BCUT2D eigenvalue weighted by Gasteiger charge is -2.23. The van der Waals surface area contributed by atoms with E-state index in [0.29, 0.717) is 23.7 Å². The molecule has 1 aromatic heterocycles. The molecule has 5 nitrogen and oxygen atoms in total. The third-order valence-electron chi connectivity index (χ3n) is 4.99. The van der Waals surface area contributed by atoms with Crippen molar-refractivity contribution in [2.24, 2.45) is 11.1 Å². The zero-order valence-corrected chi connectivity index (χ0v) is 17.0. The fourth-order valence-corrected chi connectivity index (χ4v) is 3.53. The Morgan fingerprint density at radius 2 is 2.00 bits per heavy atom. The molecule has 1 aliphatic rings. The third kappa shape index (κ3) is 3.90. The Morgan fingerprint density at radius 3 is 2.54 bits per heavy atom. The molecule has 0 bridgehead atoms. The first kappa shape index (κ1) is 20.7. The Kier molecular flexibility index (Phi) is 6.37. The van der Waals surface area contributed by atoms with E-state index in [9.17, 15) is 4.79 Å². The van der Waals surface area contributed by atoms with Crippen molar-refractivity contribution in [3.8, 4) is 5.69 Å². The van der Waals surface area contributed by atoms with E-state index in [1.165, 1.54) is 0 Å². The van der Waals surface area contributed by atoms with Crippen LogP contribution in [-0.2, 0) is 0 Å². The van der Waals surface area contributed by atoms with E-state index < -0.39 is 0 Å². The number of hydrogen-bond donors (Lipinski definition) is 1. The zero-order chi connectivity index (χ0) is 18.2. The average Bonchev–Trinajstić information content (AvgIpc) is 3.20. The fourth-order valence-electron chi connectivity index (χ4n) is 3.40. The fraction of sp³-hybridized carbons (Fsp3) is 0.474. The molecule has 2 heterocycles. The van der Waals surface area contributed by atoms with E-state index in [-0.39, 0.29) is 29.6 Å². The summed E-state index contributed by atoms with van der Waals surface area (Å²) < 4.78 is 1.84. The smallest absolute Gasteiger partial charge is 0.257 e. The Balaban J connectivity index is 0.00000243. The summed E-state index contributed by atoms with van der Waals surface area (Å²) in [6.45, 7) is 8.34. The van der Waals surface area contributed by atoms with Crippen LogP contribution in [0.5, 0.6) is 0 Å². The van der Waals surface area contributed by atoms with E-state index in [2.05, 4.69) is 25.9 Å². The van der Waals surface area contributed by atoms with E-state index in [0.717, 1.165) is 24.3 Å². The summed E-state index contributed by atoms with van der Waals surface area (Å²) in [7, 11) is 0. The number of hydrogen-bond acceptors (Lipinski definition) is 3. The van der Waals surface area contributed by atoms with Gasteiger partial charge in [0.2, 0.25) is 0 Å². The van der Waals surface area contributed by atoms with Crippen molar-refractivity contribution < 1.29 is 4.79 Å². The van der Waals surface area contributed by atoms with Crippen LogP contribution in [0.4, 0.5) is 0 Å². The first-order valence-electron chi connectivity index (χ1n) is 8.68. The maximum atomic E-state index is 13.1. The van der Waals surface area contributed by atoms with Crippen molar-refractivity contribution in [3.05, 3.63) is 46.7 Å². The minimum absolute atomic E-state index is 0. The minimum atomic E-state index is 0. The molecular formula is C19H26Cl2N4O. The lowest BCUT2D eigenvalue weighted by molar-refractivity contribution is 0.0775. The molecule has 1 atom stereocenters. The van der Waals surface area contributed by atoms with Crippen LogP contribution < -0.4 is 5.73 Å². The van der Waals surface area contributed by atoms with Crippen molar-refractivity contribution >= 4 is 29.9 Å². The van der Waals surface area contributed by atoms with Gasteiger partial charge >= 0.3 is 0 Å². The molecule has 1 unspecified atom stereocenters. The lowest BCUT2D eigenvalue weighted by Crippen LogP contribution is -2.34. The van der Waals surface area contributed by atoms with Crippen molar-refractivity contribution in [3.63, 3.8) is 0 Å². The number of nitrogens with two attached hydrogens (primary N) is 1. The van der Waals surface area contributed by atoms with Gasteiger partial charge in [-0.1, -0.05) is 32.4 Å². The Labute approximate surface area is 165 Å². The van der Waals surface area contributed by atoms with Gasteiger partial charge in [0.05, 0.1) is 23.1 Å². The normalized spacial score (nSPS) is 19.7. The van der Waals surface area contributed by atoms with Crippen LogP contribution in [0.1, 0.15) is 49.2 Å². The second kappa shape index (κ2) is 7.99. The summed E-state index contributed by atoms with van der Waals surface area (Å²) in [6, 6.07) is 7.49. The maximum absolute atomic E-state index is 13.1. The first-order valence-corrected chi connectivity index (χ1v) is 9.05. The van der Waals surface area contributed by atoms with Gasteiger partial charge in [-0.25, -0.2) is 4.68 Å². The van der Waals surface area contributed by atoms with Gasteiger partial charge in [-0.05, 0) is 48.6 Å². The predicted octanol–water partition coefficient (Wildman–Crippen LogP) is 3.88. The van der Waals surface area contributed by atoms with Crippen molar-refractivity contribution in [1.82, 2.24) is 14.7 Å². The van der Waals surface area contributed by atoms with Gasteiger partial charge in [-0.2, -0.15) is 5.10 Å². The number of rotatable bonds is 4. The quantitative estimate of drug-likeness (QED) is 0.852. The Bertz CT molecular complexity index is 772. The minimum Gasteiger partial charge on any atom is -0.338 e. The SMILES string of the molecule is CC(C)c1c(C(=O)N2CCC(C)(CN)C2)cnn1-c1ccc(Cl)cc1.Cl. The molecule has 26 heavy (non-hydrogen) atoms. The molecular weight excluding hydrogens is 371 g/mol. The summed E-state index contributed by atoms with van der Waals surface area (Å²) in [5.41, 5.74) is 8.39. The van der Waals surface area contributed by atoms with Crippen molar-refractivity contribution in [2.75, 3.05) is 19.6 Å². The van der Waals surface area contributed by atoms with Crippen LogP contribution in [0.25, 0.3) is 5.69 Å². The number of likely N-dealkylation sites (tertiary alicyclic amines) is 1. The second-order valence-electron chi connectivity index (χ2n) is 7.48. The highest BCUT2D eigenvalue weighted by molar-refractivity contribution is 6.30. The Hall–Kier alpha value is -1.56. The molecule has 1 saturated heterocycles. The second-order valence-corrected chi connectivity index (χ2v) is 7.91. The molecule has 1 aliphatic heterocycles. The van der Waals surface area contributed by atoms with Gasteiger partial charge in [-0.3, -0.25) is 4.79 Å². The molecule has 1 fully saturated rings. The molecule has 1 aromatic carbocycles. The highest BCUT2D eigenvalue weighted by Crippen LogP contribution is 2.31. The summed E-state index contributed by atoms with van der Waals surface area (Å²) in [5.74, 6) is 0.210. The van der Waals surface area contributed by atoms with Crippen LogP contribution in [0, 0.1) is 5.41 Å². The number of halogens is 2. The molecule has 1 amide bonds. The highest BCUT2D eigenvalue weighted by atomic mass is 35.5. The van der Waals surface area contributed by atoms with Crippen LogP contribution in [-0.4, -0.2) is 40.2 Å². The summed E-state index contributed by atoms with van der Waals surface area (Å²) in [6.07, 6.45) is 2.63. The number of nitrogens with zero attached hydrogens (tertiary/aromatic N) is 3. The topological polar surface area (TPSA) is 64.2 Å². The first-order chi connectivity index (χ1) is 11.8. The van der Waals surface area contributed by atoms with Gasteiger partial charge < -0.3 is 10.6 Å². The lowest BCUT2D eigenvalue weighted by atomic mass is 9.90. The molecule has 0 spiro atoms. The molecule has 0 radical (unpaired) electrons. The molecule has 7 heteroatoms. The highest BCUT2D eigenvalue weighted by Gasteiger charge is 2.36. The number of aromatic nitrogens is 2. The average molecular weight is 397 g/mol. The summed E-state index contributed by atoms with van der Waals surface area (Å²) in [5, 5.41) is 5.16. The van der Waals surface area contributed by atoms with Crippen molar-refractivity contribution in [1.29, 1.82) is 0 Å². The zero-order valence-electron chi connectivity index (χ0n) is 15.4. The van der Waals surface area contributed by atoms with Crippen LogP contribution in [0.15, 0.2) is 30.5 Å². The van der Waals surface area contributed by atoms with Crippen LogP contribution in [0.3, 0.4) is 0 Å². The van der Waals surface area contributed by atoms with Gasteiger partial charge in [-0.15, -0.1) is 12.4 Å². The van der Waals surface area contributed by atoms with Crippen molar-refractivity contribution in [2.45, 2.75) is 33.1 Å². The Morgan fingerprint density at radius 1 is 1.35 bits per heavy atom. The van der Waals surface area contributed by atoms with E-state index in [1.54, 1.807) is 6.20 Å². The number of amides is 1. The van der Waals surface area contributed by atoms with Crippen LogP contribution in [0.2, 0.25) is 5.02 Å². The van der Waals surface area contributed by atoms with Gasteiger partial charge in [0.25, 0.3) is 5.91 Å². The largest absolute Gasteiger partial charge is 0.338 e. The van der Waals surface area contributed by atoms with Gasteiger partial charge in [0.15, 0.2) is 0 Å². The standard InChI is InChI=1S/C19H25ClN4O.ClH/c1-13(2)17-16(18(25)23-9-8-19(3,11-21)12-23)10-22-24(17)15-6-4-14(20)5-7-15;/h4-7,10,13H,8-9,11-12,21H2,1-3H3;1H. The number of carbonyl (C=O) groups excluding carboxylic acids is 1. The molecule has 0 aliphatic carbocycles. The van der Waals surface area contributed by atoms with Crippen LogP contribution >= 0.6 is 24.0 Å².